The monoisotopic (exact) mass is 305 g/mol. The van der Waals surface area contributed by atoms with Crippen LogP contribution >= 0.6 is 11.8 Å². The maximum absolute atomic E-state index is 11.5. The minimum absolute atomic E-state index is 0.188. The van der Waals surface area contributed by atoms with Crippen LogP contribution in [0.25, 0.3) is 0 Å². The Hall–Kier alpha value is -0.430. The van der Waals surface area contributed by atoms with Crippen LogP contribution in [-0.2, 0) is 19.1 Å². The molecule has 0 aliphatic heterocycles. The number of carbonyl (C=O) groups excluding carboxylic acids is 2. The lowest BCUT2D eigenvalue weighted by Crippen LogP contribution is -2.16. The first-order valence-electron chi connectivity index (χ1n) is 7.12. The lowest BCUT2D eigenvalue weighted by Gasteiger charge is -2.05. The second-order valence-corrected chi connectivity index (χ2v) is 5.34. The van der Waals surface area contributed by atoms with E-state index in [1.54, 1.807) is 0 Å². The van der Waals surface area contributed by atoms with Gasteiger partial charge in [-0.1, -0.05) is 6.92 Å². The number of nitrogens with one attached hydrogen (secondary N) is 1. The third-order valence-corrected chi connectivity index (χ3v) is 3.59. The zero-order valence-electron chi connectivity index (χ0n) is 12.6. The lowest BCUT2D eigenvalue weighted by molar-refractivity contribution is -0.117. The number of Topliss-reactive ketones (excluding diaryl/α,β-unsaturated/α-hetero) is 2. The number of ether oxygens (including phenoxy) is 2. The van der Waals surface area contributed by atoms with Crippen LogP contribution < -0.4 is 5.32 Å². The molecule has 0 unspecified atom stereocenters. The van der Waals surface area contributed by atoms with Crippen LogP contribution in [0, 0.1) is 0 Å². The molecule has 20 heavy (non-hydrogen) atoms. The second-order valence-electron chi connectivity index (χ2n) is 4.36. The SMILES string of the molecule is CCC(=O)CSCC(=O)CCCOCCOCCNC. The van der Waals surface area contributed by atoms with Gasteiger partial charge in [-0.05, 0) is 13.5 Å². The van der Waals surface area contributed by atoms with Gasteiger partial charge in [0.25, 0.3) is 0 Å². The standard InChI is InChI=1S/C14H27NO4S/c1-3-13(16)11-20-12-14(17)5-4-7-18-9-10-19-8-6-15-2/h15H,3-12H2,1-2H3. The van der Waals surface area contributed by atoms with Gasteiger partial charge in [-0.15, -0.1) is 11.8 Å². The van der Waals surface area contributed by atoms with E-state index in [-0.39, 0.29) is 11.6 Å². The zero-order chi connectivity index (χ0) is 15.1. The molecule has 0 saturated carbocycles. The predicted molar refractivity (Wildman–Crippen MR) is 82.4 cm³/mol. The largest absolute Gasteiger partial charge is 0.379 e. The Morgan fingerprint density at radius 3 is 2.30 bits per heavy atom. The van der Waals surface area contributed by atoms with E-state index >= 15 is 0 Å². The van der Waals surface area contributed by atoms with Crippen molar-refractivity contribution in [3.8, 4) is 0 Å². The first-order chi connectivity index (χ1) is 9.70. The number of carbonyl (C=O) groups is 2. The van der Waals surface area contributed by atoms with Gasteiger partial charge in [-0.3, -0.25) is 9.59 Å². The molecule has 1 N–H and O–H groups in total. The maximum Gasteiger partial charge on any atom is 0.142 e. The summed E-state index contributed by atoms with van der Waals surface area (Å²) in [5.41, 5.74) is 0. The van der Waals surface area contributed by atoms with Crippen molar-refractivity contribution in [2.24, 2.45) is 0 Å². The van der Waals surface area contributed by atoms with Gasteiger partial charge in [-0.25, -0.2) is 0 Å². The zero-order valence-corrected chi connectivity index (χ0v) is 13.4. The molecule has 0 fully saturated rings. The van der Waals surface area contributed by atoms with Crippen LogP contribution in [0.2, 0.25) is 0 Å². The van der Waals surface area contributed by atoms with Crippen molar-refractivity contribution < 1.29 is 19.1 Å². The summed E-state index contributed by atoms with van der Waals surface area (Å²) in [6.45, 7) is 5.10. The number of rotatable bonds is 15. The smallest absolute Gasteiger partial charge is 0.142 e. The van der Waals surface area contributed by atoms with Crippen LogP contribution in [0.5, 0.6) is 0 Å². The highest BCUT2D eigenvalue weighted by Gasteiger charge is 2.04. The van der Waals surface area contributed by atoms with Gasteiger partial charge in [0, 0.05) is 26.0 Å². The highest BCUT2D eigenvalue weighted by atomic mass is 32.2. The van der Waals surface area contributed by atoms with Crippen molar-refractivity contribution in [1.82, 2.24) is 5.32 Å². The summed E-state index contributed by atoms with van der Waals surface area (Å²) in [6, 6.07) is 0. The van der Waals surface area contributed by atoms with Gasteiger partial charge >= 0.3 is 0 Å². The third kappa shape index (κ3) is 14.0. The summed E-state index contributed by atoms with van der Waals surface area (Å²) in [4.78, 5) is 22.6. The van der Waals surface area contributed by atoms with Crippen LogP contribution in [0.3, 0.4) is 0 Å². The van der Waals surface area contributed by atoms with E-state index in [1.165, 1.54) is 11.8 Å². The molecule has 118 valence electrons. The summed E-state index contributed by atoms with van der Waals surface area (Å²) >= 11 is 1.41. The van der Waals surface area contributed by atoms with Crippen LogP contribution in [0.1, 0.15) is 26.2 Å². The minimum atomic E-state index is 0.188. The molecule has 0 bridgehead atoms. The van der Waals surface area contributed by atoms with E-state index in [0.29, 0.717) is 50.8 Å². The van der Waals surface area contributed by atoms with Gasteiger partial charge in [0.2, 0.25) is 0 Å². The van der Waals surface area contributed by atoms with Crippen molar-refractivity contribution in [2.45, 2.75) is 26.2 Å². The number of thioether (sulfide) groups is 1. The molecule has 6 heteroatoms. The topological polar surface area (TPSA) is 64.6 Å². The normalized spacial score (nSPS) is 10.7. The Balaban J connectivity index is 3.21. The average Bonchev–Trinajstić information content (AvgIpc) is 2.45. The van der Waals surface area contributed by atoms with Crippen LogP contribution in [-0.4, -0.2) is 63.1 Å². The second kappa shape index (κ2) is 15.0. The summed E-state index contributed by atoms with van der Waals surface area (Å²) < 4.78 is 10.7. The van der Waals surface area contributed by atoms with Gasteiger partial charge in [-0.2, -0.15) is 0 Å². The molecular weight excluding hydrogens is 278 g/mol. The van der Waals surface area contributed by atoms with Crippen molar-refractivity contribution in [3.63, 3.8) is 0 Å². The summed E-state index contributed by atoms with van der Waals surface area (Å²) in [7, 11) is 1.88. The molecule has 5 nitrogen and oxygen atoms in total. The van der Waals surface area contributed by atoms with Crippen LogP contribution in [0.15, 0.2) is 0 Å². The van der Waals surface area contributed by atoms with E-state index in [4.69, 9.17) is 9.47 Å². The fourth-order valence-corrected chi connectivity index (χ4v) is 2.23. The molecule has 0 atom stereocenters. The van der Waals surface area contributed by atoms with Crippen molar-refractivity contribution in [3.05, 3.63) is 0 Å². The highest BCUT2D eigenvalue weighted by Crippen LogP contribution is 2.04. The van der Waals surface area contributed by atoms with E-state index in [1.807, 2.05) is 14.0 Å². The van der Waals surface area contributed by atoms with Gasteiger partial charge in [0.1, 0.15) is 11.6 Å². The molecule has 0 aliphatic carbocycles. The lowest BCUT2D eigenvalue weighted by atomic mass is 10.2. The Bertz CT molecular complexity index is 262. The third-order valence-electron chi connectivity index (χ3n) is 2.53. The quantitative estimate of drug-likeness (QED) is 0.460. The molecule has 0 heterocycles. The summed E-state index contributed by atoms with van der Waals surface area (Å²) in [6.07, 6.45) is 1.80. The summed E-state index contributed by atoms with van der Waals surface area (Å²) in [5, 5.41) is 2.99. The van der Waals surface area contributed by atoms with E-state index in [9.17, 15) is 9.59 Å². The predicted octanol–water partition coefficient (Wildman–Crippen LogP) is 1.30. The molecule has 0 rings (SSSR count). The molecule has 0 aliphatic rings. The first-order valence-corrected chi connectivity index (χ1v) is 8.27. The number of hydrogen-bond acceptors (Lipinski definition) is 6. The summed E-state index contributed by atoms with van der Waals surface area (Å²) in [5.74, 6) is 1.26. The van der Waals surface area contributed by atoms with E-state index in [0.717, 1.165) is 13.0 Å². The number of likely N-dealkylation sites (N-methyl/N-ethyl adjacent to an activating group) is 1. The highest BCUT2D eigenvalue weighted by molar-refractivity contribution is 8.00. The molecule has 0 aromatic heterocycles. The fraction of sp³-hybridized carbons (Fsp3) is 0.857. The van der Waals surface area contributed by atoms with Gasteiger partial charge < -0.3 is 14.8 Å². The molecule has 0 spiro atoms. The van der Waals surface area contributed by atoms with Crippen molar-refractivity contribution in [1.29, 1.82) is 0 Å². The fourth-order valence-electron chi connectivity index (χ4n) is 1.32. The maximum atomic E-state index is 11.5. The van der Waals surface area contributed by atoms with Gasteiger partial charge in [0.05, 0.1) is 31.3 Å². The Labute approximate surface area is 126 Å². The van der Waals surface area contributed by atoms with E-state index in [2.05, 4.69) is 5.32 Å². The molecule has 0 saturated heterocycles. The minimum Gasteiger partial charge on any atom is -0.379 e. The molecule has 0 amide bonds. The Morgan fingerprint density at radius 2 is 1.65 bits per heavy atom. The first kappa shape index (κ1) is 19.6. The molecule has 0 aromatic carbocycles. The molecular formula is C14H27NO4S. The molecule has 0 aromatic rings. The number of hydrogen-bond donors (Lipinski definition) is 1. The van der Waals surface area contributed by atoms with Crippen LogP contribution in [0.4, 0.5) is 0 Å². The number of ketones is 2. The Morgan fingerprint density at radius 1 is 1.00 bits per heavy atom. The van der Waals surface area contributed by atoms with Gasteiger partial charge in [0.15, 0.2) is 0 Å². The molecule has 0 radical (unpaired) electrons. The van der Waals surface area contributed by atoms with E-state index < -0.39 is 0 Å². The average molecular weight is 305 g/mol. The van der Waals surface area contributed by atoms with Crippen molar-refractivity contribution in [2.75, 3.05) is 51.5 Å². The Kier molecular flexibility index (Phi) is 14.6. The van der Waals surface area contributed by atoms with Crippen molar-refractivity contribution >= 4 is 23.3 Å².